The van der Waals surface area contributed by atoms with Gasteiger partial charge in [0.15, 0.2) is 5.90 Å². The number of aromatic nitrogens is 2. The summed E-state index contributed by atoms with van der Waals surface area (Å²) < 4.78 is 8.70. The van der Waals surface area contributed by atoms with Gasteiger partial charge in [-0.15, -0.1) is 0 Å². The number of nitrogens with zero attached hydrogens (tertiary/aromatic N) is 3. The van der Waals surface area contributed by atoms with Crippen molar-refractivity contribution >= 4 is 23.3 Å². The second kappa shape index (κ2) is 12.6. The molecular formula is C24H34ClN3O4. The summed E-state index contributed by atoms with van der Waals surface area (Å²) in [6.45, 7) is 8.59. The summed E-state index contributed by atoms with van der Waals surface area (Å²) in [5, 5.41) is 9.79. The van der Waals surface area contributed by atoms with E-state index in [9.17, 15) is 9.59 Å². The molecule has 0 spiro atoms. The predicted molar refractivity (Wildman–Crippen MR) is 129 cm³/mol. The van der Waals surface area contributed by atoms with Crippen molar-refractivity contribution in [2.45, 2.75) is 66.5 Å². The minimum atomic E-state index is -0.423. The van der Waals surface area contributed by atoms with E-state index in [2.05, 4.69) is 6.92 Å². The average Bonchev–Trinajstić information content (AvgIpc) is 2.78. The maximum Gasteiger partial charge on any atom is 0.332 e. The van der Waals surface area contributed by atoms with Crippen LogP contribution in [0.1, 0.15) is 51.2 Å². The lowest BCUT2D eigenvalue weighted by Crippen LogP contribution is -2.41. The molecule has 0 radical (unpaired) electrons. The molecule has 0 aliphatic rings. The quantitative estimate of drug-likeness (QED) is 0.309. The van der Waals surface area contributed by atoms with Gasteiger partial charge in [0.25, 0.3) is 5.56 Å². The van der Waals surface area contributed by atoms with Crippen molar-refractivity contribution in [3.63, 3.8) is 0 Å². The van der Waals surface area contributed by atoms with Gasteiger partial charge in [0.2, 0.25) is 0 Å². The number of ether oxygens (including phenoxy) is 1. The molecule has 1 N–H and O–H groups in total. The first-order valence-corrected chi connectivity index (χ1v) is 11.6. The molecule has 0 saturated heterocycles. The molecule has 1 aromatic heterocycles. The molecule has 1 atom stereocenters. The average molecular weight is 464 g/mol. The SMILES string of the molecule is CCCCOC(=Nc1c(C)c(=O)n(CCCO)c(=O)n1CC)[C@@H](C)Cc1ccc(Cl)cc1. The molecule has 0 aliphatic carbocycles. The van der Waals surface area contributed by atoms with Crippen molar-refractivity contribution < 1.29 is 9.84 Å². The number of hydrogen-bond acceptors (Lipinski definition) is 5. The zero-order chi connectivity index (χ0) is 23.7. The zero-order valence-corrected chi connectivity index (χ0v) is 20.2. The van der Waals surface area contributed by atoms with E-state index in [0.717, 1.165) is 18.4 Å². The van der Waals surface area contributed by atoms with Gasteiger partial charge in [-0.25, -0.2) is 4.79 Å². The van der Waals surface area contributed by atoms with E-state index in [1.54, 1.807) is 6.92 Å². The van der Waals surface area contributed by atoms with Crippen molar-refractivity contribution in [3.05, 3.63) is 61.3 Å². The molecule has 0 aliphatic heterocycles. The fourth-order valence-electron chi connectivity index (χ4n) is 3.45. The molecule has 2 aromatic rings. The lowest BCUT2D eigenvalue weighted by molar-refractivity contribution is 0.275. The number of hydrogen-bond donors (Lipinski definition) is 1. The Morgan fingerprint density at radius 2 is 1.84 bits per heavy atom. The molecule has 0 amide bonds. The summed E-state index contributed by atoms with van der Waals surface area (Å²) in [5.74, 6) is 0.771. The standard InChI is InChI=1S/C24H34ClN3O4/c1-5-7-15-32-22(17(3)16-19-9-11-20(25)12-10-19)26-21-18(4)23(30)28(13-8-14-29)24(31)27(21)6-2/h9-12,17,29H,5-8,13-16H2,1-4H3/t17-/m0/s1. The number of aliphatic hydroxyl groups is 1. The monoisotopic (exact) mass is 463 g/mol. The molecule has 0 unspecified atom stereocenters. The Morgan fingerprint density at radius 3 is 2.44 bits per heavy atom. The topological polar surface area (TPSA) is 85.8 Å². The molecule has 7 nitrogen and oxygen atoms in total. The summed E-state index contributed by atoms with van der Waals surface area (Å²) in [5.41, 5.74) is 0.677. The van der Waals surface area contributed by atoms with E-state index in [0.29, 0.717) is 48.3 Å². The van der Waals surface area contributed by atoms with Crippen LogP contribution in [0.2, 0.25) is 5.02 Å². The molecule has 8 heteroatoms. The summed E-state index contributed by atoms with van der Waals surface area (Å²) >= 11 is 6.00. The van der Waals surface area contributed by atoms with Crippen LogP contribution >= 0.6 is 11.6 Å². The third-order valence-corrected chi connectivity index (χ3v) is 5.57. The first-order valence-electron chi connectivity index (χ1n) is 11.2. The highest BCUT2D eigenvalue weighted by molar-refractivity contribution is 6.30. The van der Waals surface area contributed by atoms with Crippen LogP contribution in [0, 0.1) is 12.8 Å². The number of rotatable bonds is 11. The van der Waals surface area contributed by atoms with E-state index in [1.165, 1.54) is 9.13 Å². The Labute approximate surface area is 194 Å². The van der Waals surface area contributed by atoms with Crippen LogP contribution in [-0.4, -0.2) is 33.4 Å². The van der Waals surface area contributed by atoms with Crippen LogP contribution in [0.3, 0.4) is 0 Å². The fourth-order valence-corrected chi connectivity index (χ4v) is 3.58. The van der Waals surface area contributed by atoms with Gasteiger partial charge in [-0.3, -0.25) is 13.9 Å². The van der Waals surface area contributed by atoms with Gasteiger partial charge in [-0.1, -0.05) is 44.0 Å². The van der Waals surface area contributed by atoms with Gasteiger partial charge in [-0.05, 0) is 50.8 Å². The number of aliphatic hydroxyl groups excluding tert-OH is 1. The Balaban J connectivity index is 2.51. The first-order chi connectivity index (χ1) is 15.3. The van der Waals surface area contributed by atoms with Crippen molar-refractivity contribution in [1.82, 2.24) is 9.13 Å². The molecule has 32 heavy (non-hydrogen) atoms. The van der Waals surface area contributed by atoms with E-state index < -0.39 is 5.69 Å². The predicted octanol–water partition coefficient (Wildman–Crippen LogP) is 4.10. The highest BCUT2D eigenvalue weighted by atomic mass is 35.5. The van der Waals surface area contributed by atoms with Gasteiger partial charge in [0.1, 0.15) is 5.82 Å². The minimum Gasteiger partial charge on any atom is -0.480 e. The third kappa shape index (κ3) is 6.56. The smallest absolute Gasteiger partial charge is 0.332 e. The largest absolute Gasteiger partial charge is 0.480 e. The van der Waals surface area contributed by atoms with Crippen LogP contribution < -0.4 is 11.2 Å². The van der Waals surface area contributed by atoms with Crippen molar-refractivity contribution in [2.75, 3.05) is 13.2 Å². The van der Waals surface area contributed by atoms with Crippen LogP contribution in [0.4, 0.5) is 5.82 Å². The maximum absolute atomic E-state index is 13.0. The van der Waals surface area contributed by atoms with Gasteiger partial charge in [0.05, 0.1) is 12.2 Å². The number of unbranched alkanes of at least 4 members (excludes halogenated alkanes) is 1. The van der Waals surface area contributed by atoms with Crippen LogP contribution in [0.5, 0.6) is 0 Å². The molecule has 176 valence electrons. The van der Waals surface area contributed by atoms with E-state index in [-0.39, 0.29) is 24.6 Å². The minimum absolute atomic E-state index is 0.0651. The summed E-state index contributed by atoms with van der Waals surface area (Å²) in [6.07, 6.45) is 2.89. The Kier molecular flexibility index (Phi) is 10.2. The summed E-state index contributed by atoms with van der Waals surface area (Å²) in [4.78, 5) is 30.5. The first kappa shape index (κ1) is 25.9. The molecule has 1 aromatic carbocycles. The zero-order valence-electron chi connectivity index (χ0n) is 19.4. The molecule has 1 heterocycles. The number of halogens is 1. The fraction of sp³-hybridized carbons (Fsp3) is 0.542. The Bertz CT molecular complexity index is 1030. The Morgan fingerprint density at radius 1 is 1.16 bits per heavy atom. The third-order valence-electron chi connectivity index (χ3n) is 5.32. The van der Waals surface area contributed by atoms with E-state index in [1.807, 2.05) is 38.1 Å². The van der Waals surface area contributed by atoms with Crippen LogP contribution in [0.15, 0.2) is 38.8 Å². The van der Waals surface area contributed by atoms with Crippen molar-refractivity contribution in [2.24, 2.45) is 10.9 Å². The van der Waals surface area contributed by atoms with Gasteiger partial charge < -0.3 is 9.84 Å². The van der Waals surface area contributed by atoms with Crippen molar-refractivity contribution in [3.8, 4) is 0 Å². The lowest BCUT2D eigenvalue weighted by Gasteiger charge is -2.19. The summed E-state index contributed by atoms with van der Waals surface area (Å²) in [7, 11) is 0. The second-order valence-corrected chi connectivity index (χ2v) is 8.33. The second-order valence-electron chi connectivity index (χ2n) is 7.89. The normalized spacial score (nSPS) is 12.8. The number of aliphatic imine (C=N–C) groups is 1. The van der Waals surface area contributed by atoms with Gasteiger partial charge >= 0.3 is 5.69 Å². The molecule has 2 rings (SSSR count). The molecule has 0 bridgehead atoms. The highest BCUT2D eigenvalue weighted by Gasteiger charge is 2.19. The molecule has 0 saturated carbocycles. The van der Waals surface area contributed by atoms with Gasteiger partial charge in [0, 0.05) is 30.6 Å². The lowest BCUT2D eigenvalue weighted by atomic mass is 10.0. The van der Waals surface area contributed by atoms with Crippen LogP contribution in [0.25, 0.3) is 0 Å². The molecular weight excluding hydrogens is 430 g/mol. The maximum atomic E-state index is 13.0. The van der Waals surface area contributed by atoms with Gasteiger partial charge in [-0.2, -0.15) is 4.99 Å². The molecule has 0 fully saturated rings. The Hall–Kier alpha value is -2.38. The van der Waals surface area contributed by atoms with E-state index >= 15 is 0 Å². The van der Waals surface area contributed by atoms with Crippen LogP contribution in [-0.2, 0) is 24.2 Å². The van der Waals surface area contributed by atoms with Crippen molar-refractivity contribution in [1.29, 1.82) is 0 Å². The number of benzene rings is 1. The van der Waals surface area contributed by atoms with E-state index in [4.69, 9.17) is 26.4 Å². The highest BCUT2D eigenvalue weighted by Crippen LogP contribution is 2.20. The summed E-state index contributed by atoms with van der Waals surface area (Å²) in [6, 6.07) is 7.64.